The molecule has 0 aromatic carbocycles. The first-order valence-electron chi connectivity index (χ1n) is 7.56. The first kappa shape index (κ1) is 19.5. The highest BCUT2D eigenvalue weighted by atomic mass is 16.6. The number of amides is 2. The molecule has 0 saturated carbocycles. The van der Waals surface area contributed by atoms with E-state index in [9.17, 15) is 9.59 Å². The van der Waals surface area contributed by atoms with Gasteiger partial charge in [0, 0.05) is 13.0 Å². The van der Waals surface area contributed by atoms with Gasteiger partial charge in [-0.15, -0.1) is 6.58 Å². The molecule has 0 aliphatic carbocycles. The van der Waals surface area contributed by atoms with Crippen molar-refractivity contribution in [2.45, 2.75) is 71.4 Å². The van der Waals surface area contributed by atoms with Crippen molar-refractivity contribution in [1.82, 2.24) is 10.6 Å². The lowest BCUT2D eigenvalue weighted by Crippen LogP contribution is -2.55. The van der Waals surface area contributed by atoms with E-state index in [1.807, 2.05) is 34.6 Å². The Bertz CT molecular complexity index is 355. The van der Waals surface area contributed by atoms with E-state index < -0.39 is 17.2 Å². The molecule has 0 rings (SSSR count). The van der Waals surface area contributed by atoms with Crippen molar-refractivity contribution < 1.29 is 14.3 Å². The maximum absolute atomic E-state index is 11.9. The van der Waals surface area contributed by atoms with Crippen LogP contribution in [-0.4, -0.2) is 29.7 Å². The molecule has 0 fully saturated rings. The van der Waals surface area contributed by atoms with Gasteiger partial charge in [-0.05, 0) is 40.0 Å². The molecule has 0 aliphatic heterocycles. The second-order valence-corrected chi connectivity index (χ2v) is 6.22. The molecule has 0 aromatic rings. The lowest BCUT2D eigenvalue weighted by Gasteiger charge is -2.33. The molecule has 0 unspecified atom stereocenters. The number of hydrogen-bond acceptors (Lipinski definition) is 3. The average Bonchev–Trinajstić information content (AvgIpc) is 2.39. The monoisotopic (exact) mass is 298 g/mol. The van der Waals surface area contributed by atoms with E-state index in [0.717, 1.165) is 12.8 Å². The van der Waals surface area contributed by atoms with Gasteiger partial charge in [0.25, 0.3) is 0 Å². The SMILES string of the molecule is C=CCCC(=O)NC(CC)(CC)CNC(=O)OC(C)(C)C. The Hall–Kier alpha value is -1.52. The highest BCUT2D eigenvalue weighted by Gasteiger charge is 2.29. The molecule has 0 aliphatic rings. The van der Waals surface area contributed by atoms with Gasteiger partial charge in [0.05, 0.1) is 5.54 Å². The van der Waals surface area contributed by atoms with E-state index in [1.165, 1.54) is 0 Å². The maximum atomic E-state index is 11.9. The van der Waals surface area contributed by atoms with Gasteiger partial charge in [-0.2, -0.15) is 0 Å². The molecule has 5 heteroatoms. The summed E-state index contributed by atoms with van der Waals surface area (Å²) >= 11 is 0. The van der Waals surface area contributed by atoms with Gasteiger partial charge in [-0.3, -0.25) is 4.79 Å². The Labute approximate surface area is 128 Å². The normalized spacial score (nSPS) is 11.7. The van der Waals surface area contributed by atoms with E-state index in [-0.39, 0.29) is 5.91 Å². The largest absolute Gasteiger partial charge is 0.444 e. The third kappa shape index (κ3) is 8.38. The molecule has 2 amide bonds. The summed E-state index contributed by atoms with van der Waals surface area (Å²) in [7, 11) is 0. The molecule has 0 atom stereocenters. The molecule has 0 aromatic heterocycles. The van der Waals surface area contributed by atoms with Crippen molar-refractivity contribution in [3.63, 3.8) is 0 Å². The van der Waals surface area contributed by atoms with Crippen LogP contribution in [0.5, 0.6) is 0 Å². The van der Waals surface area contributed by atoms with Crippen LogP contribution in [0.1, 0.15) is 60.3 Å². The van der Waals surface area contributed by atoms with Gasteiger partial charge >= 0.3 is 6.09 Å². The average molecular weight is 298 g/mol. The van der Waals surface area contributed by atoms with Crippen molar-refractivity contribution >= 4 is 12.0 Å². The molecule has 21 heavy (non-hydrogen) atoms. The Morgan fingerprint density at radius 1 is 1.19 bits per heavy atom. The number of allylic oxidation sites excluding steroid dienone is 1. The minimum Gasteiger partial charge on any atom is -0.444 e. The lowest BCUT2D eigenvalue weighted by molar-refractivity contribution is -0.123. The minimum atomic E-state index is -0.529. The van der Waals surface area contributed by atoms with Crippen molar-refractivity contribution in [3.05, 3.63) is 12.7 Å². The van der Waals surface area contributed by atoms with E-state index >= 15 is 0 Å². The maximum Gasteiger partial charge on any atom is 0.407 e. The highest BCUT2D eigenvalue weighted by Crippen LogP contribution is 2.15. The standard InChI is InChI=1S/C16H30N2O3/c1-7-10-11-13(19)18-16(8-2,9-3)12-17-14(20)21-15(4,5)6/h7H,1,8-12H2,2-6H3,(H,17,20)(H,18,19). The van der Waals surface area contributed by atoms with Crippen LogP contribution in [0.3, 0.4) is 0 Å². The second-order valence-electron chi connectivity index (χ2n) is 6.22. The van der Waals surface area contributed by atoms with Crippen molar-refractivity contribution in [2.24, 2.45) is 0 Å². The fourth-order valence-electron chi connectivity index (χ4n) is 1.87. The zero-order valence-corrected chi connectivity index (χ0v) is 14.0. The van der Waals surface area contributed by atoms with Crippen LogP contribution in [0.25, 0.3) is 0 Å². The molecule has 0 saturated heterocycles. The topological polar surface area (TPSA) is 67.4 Å². The van der Waals surface area contributed by atoms with Gasteiger partial charge in [0.15, 0.2) is 0 Å². The van der Waals surface area contributed by atoms with Crippen LogP contribution >= 0.6 is 0 Å². The molecule has 0 bridgehead atoms. The smallest absolute Gasteiger partial charge is 0.407 e. The summed E-state index contributed by atoms with van der Waals surface area (Å²) in [5, 5.41) is 5.77. The Balaban J connectivity index is 4.55. The Morgan fingerprint density at radius 3 is 2.19 bits per heavy atom. The van der Waals surface area contributed by atoms with E-state index in [0.29, 0.717) is 19.4 Å². The van der Waals surface area contributed by atoms with Crippen LogP contribution < -0.4 is 10.6 Å². The van der Waals surface area contributed by atoms with E-state index in [1.54, 1.807) is 6.08 Å². The van der Waals surface area contributed by atoms with Gasteiger partial charge in [-0.25, -0.2) is 4.79 Å². The number of ether oxygens (including phenoxy) is 1. The number of rotatable bonds is 8. The van der Waals surface area contributed by atoms with Crippen LogP contribution in [-0.2, 0) is 9.53 Å². The van der Waals surface area contributed by atoms with Crippen LogP contribution in [0.15, 0.2) is 12.7 Å². The molecular weight excluding hydrogens is 268 g/mol. The Kier molecular flexibility index (Phi) is 8.07. The van der Waals surface area contributed by atoms with Gasteiger partial charge < -0.3 is 15.4 Å². The van der Waals surface area contributed by atoms with Crippen LogP contribution in [0, 0.1) is 0 Å². The fourth-order valence-corrected chi connectivity index (χ4v) is 1.87. The predicted octanol–water partition coefficient (Wildman–Crippen LogP) is 3.15. The lowest BCUT2D eigenvalue weighted by atomic mass is 9.92. The molecule has 122 valence electrons. The number of hydrogen-bond donors (Lipinski definition) is 2. The van der Waals surface area contributed by atoms with Crippen LogP contribution in [0.4, 0.5) is 4.79 Å². The number of carbonyl (C=O) groups excluding carboxylic acids is 2. The van der Waals surface area contributed by atoms with E-state index in [4.69, 9.17) is 4.74 Å². The molecule has 0 heterocycles. The number of nitrogens with one attached hydrogen (secondary N) is 2. The summed E-state index contributed by atoms with van der Waals surface area (Å²) in [6.07, 6.45) is 3.79. The highest BCUT2D eigenvalue weighted by molar-refractivity contribution is 5.77. The predicted molar refractivity (Wildman–Crippen MR) is 85.1 cm³/mol. The zero-order valence-electron chi connectivity index (χ0n) is 14.0. The summed E-state index contributed by atoms with van der Waals surface area (Å²) in [5.41, 5.74) is -0.965. The quantitative estimate of drug-likeness (QED) is 0.676. The molecule has 0 spiro atoms. The van der Waals surface area contributed by atoms with Crippen LogP contribution in [0.2, 0.25) is 0 Å². The van der Waals surface area contributed by atoms with Gasteiger partial charge in [-0.1, -0.05) is 19.9 Å². The first-order valence-corrected chi connectivity index (χ1v) is 7.56. The molecule has 0 radical (unpaired) electrons. The molecule has 2 N–H and O–H groups in total. The third-order valence-corrected chi connectivity index (χ3v) is 3.30. The van der Waals surface area contributed by atoms with Crippen molar-refractivity contribution in [2.75, 3.05) is 6.54 Å². The van der Waals surface area contributed by atoms with Crippen molar-refractivity contribution in [3.8, 4) is 0 Å². The zero-order chi connectivity index (χ0) is 16.5. The Morgan fingerprint density at radius 2 is 1.76 bits per heavy atom. The number of alkyl carbamates (subject to hydrolysis) is 1. The summed E-state index contributed by atoms with van der Waals surface area (Å²) in [4.78, 5) is 23.6. The van der Waals surface area contributed by atoms with Gasteiger partial charge in [0.2, 0.25) is 5.91 Å². The first-order chi connectivity index (χ1) is 9.68. The number of carbonyl (C=O) groups is 2. The summed E-state index contributed by atoms with van der Waals surface area (Å²) < 4.78 is 5.22. The summed E-state index contributed by atoms with van der Waals surface area (Å²) in [6.45, 7) is 13.4. The summed E-state index contributed by atoms with van der Waals surface area (Å²) in [5.74, 6) is -0.0235. The molecule has 5 nitrogen and oxygen atoms in total. The third-order valence-electron chi connectivity index (χ3n) is 3.30. The van der Waals surface area contributed by atoms with Gasteiger partial charge in [0.1, 0.15) is 5.60 Å². The van der Waals surface area contributed by atoms with Crippen molar-refractivity contribution in [1.29, 1.82) is 0 Å². The fraction of sp³-hybridized carbons (Fsp3) is 0.750. The minimum absolute atomic E-state index is 0.0235. The summed E-state index contributed by atoms with van der Waals surface area (Å²) in [6, 6.07) is 0. The second kappa shape index (κ2) is 8.70. The molecular formula is C16H30N2O3. The van der Waals surface area contributed by atoms with E-state index in [2.05, 4.69) is 17.2 Å².